The van der Waals surface area contributed by atoms with E-state index in [-0.39, 0.29) is 0 Å². The predicted octanol–water partition coefficient (Wildman–Crippen LogP) is 1.05. The van der Waals surface area contributed by atoms with Gasteiger partial charge >= 0.3 is 6.01 Å². The zero-order chi connectivity index (χ0) is 12.1. The number of aromatic nitrogens is 4. The number of nitrogens with one attached hydrogen (secondary N) is 2. The Morgan fingerprint density at radius 3 is 3.00 bits per heavy atom. The van der Waals surface area contributed by atoms with Crippen LogP contribution >= 0.6 is 0 Å². The van der Waals surface area contributed by atoms with E-state index in [1.54, 1.807) is 4.68 Å². The molecule has 0 saturated carbocycles. The first-order valence-corrected chi connectivity index (χ1v) is 5.57. The second-order valence-corrected chi connectivity index (χ2v) is 3.68. The number of aryl methyl sites for hydroxylation is 1. The summed E-state index contributed by atoms with van der Waals surface area (Å²) in [5, 5.41) is 18.1. The zero-order valence-electron chi connectivity index (χ0n) is 9.97. The Labute approximate surface area is 99.2 Å². The van der Waals surface area contributed by atoms with Gasteiger partial charge in [0.15, 0.2) is 5.82 Å². The number of anilines is 2. The van der Waals surface area contributed by atoms with Crippen molar-refractivity contribution < 1.29 is 4.42 Å². The highest BCUT2D eigenvalue weighted by Gasteiger charge is 2.06. The normalized spacial score (nSPS) is 10.7. The Kier molecular flexibility index (Phi) is 3.71. The smallest absolute Gasteiger partial charge is 0.321 e. The van der Waals surface area contributed by atoms with Gasteiger partial charge in [-0.05, 0) is 13.0 Å². The fourth-order valence-electron chi connectivity index (χ4n) is 1.34. The van der Waals surface area contributed by atoms with Crippen LogP contribution in [0.2, 0.25) is 0 Å². The average molecular weight is 236 g/mol. The van der Waals surface area contributed by atoms with Crippen LogP contribution in [-0.2, 0) is 13.6 Å². The molecule has 0 atom stereocenters. The van der Waals surface area contributed by atoms with Crippen LogP contribution in [0.1, 0.15) is 19.2 Å². The molecule has 0 spiro atoms. The molecule has 0 aliphatic carbocycles. The molecule has 17 heavy (non-hydrogen) atoms. The van der Waals surface area contributed by atoms with Crippen molar-refractivity contribution in [2.75, 3.05) is 11.9 Å². The van der Waals surface area contributed by atoms with Crippen LogP contribution in [0.15, 0.2) is 16.7 Å². The number of rotatable bonds is 6. The zero-order valence-corrected chi connectivity index (χ0v) is 9.97. The molecule has 2 aromatic rings. The van der Waals surface area contributed by atoms with Gasteiger partial charge in [-0.1, -0.05) is 12.0 Å². The van der Waals surface area contributed by atoms with E-state index in [1.165, 1.54) is 0 Å². The molecule has 7 heteroatoms. The fourth-order valence-corrected chi connectivity index (χ4v) is 1.34. The minimum atomic E-state index is 0.358. The van der Waals surface area contributed by atoms with Crippen molar-refractivity contribution in [1.29, 1.82) is 0 Å². The van der Waals surface area contributed by atoms with Crippen molar-refractivity contribution in [1.82, 2.24) is 25.3 Å². The van der Waals surface area contributed by atoms with E-state index in [2.05, 4.69) is 32.9 Å². The largest absolute Gasteiger partial charge is 0.406 e. The van der Waals surface area contributed by atoms with E-state index in [1.807, 2.05) is 19.3 Å². The van der Waals surface area contributed by atoms with E-state index in [0.29, 0.717) is 24.3 Å². The van der Waals surface area contributed by atoms with Gasteiger partial charge < -0.3 is 9.73 Å². The van der Waals surface area contributed by atoms with Crippen molar-refractivity contribution in [3.63, 3.8) is 0 Å². The SMILES string of the molecule is CCCNCc1nnc(Nc2ccn(C)n2)o1. The van der Waals surface area contributed by atoms with Crippen LogP contribution in [0, 0.1) is 0 Å². The van der Waals surface area contributed by atoms with Crippen LogP contribution in [0.5, 0.6) is 0 Å². The maximum Gasteiger partial charge on any atom is 0.321 e. The van der Waals surface area contributed by atoms with Gasteiger partial charge in [0, 0.05) is 19.3 Å². The predicted molar refractivity (Wildman–Crippen MR) is 62.8 cm³/mol. The quantitative estimate of drug-likeness (QED) is 0.729. The maximum atomic E-state index is 5.40. The standard InChI is InChI=1S/C10H16N6O/c1-3-5-11-7-9-13-14-10(17-9)12-8-4-6-16(2)15-8/h4,6,11H,3,5,7H2,1-2H3,(H,12,14,15). The second-order valence-electron chi connectivity index (χ2n) is 3.68. The molecule has 0 saturated heterocycles. The monoisotopic (exact) mass is 236 g/mol. The lowest BCUT2D eigenvalue weighted by Crippen LogP contribution is -2.13. The van der Waals surface area contributed by atoms with Crippen LogP contribution in [0.25, 0.3) is 0 Å². The first-order valence-electron chi connectivity index (χ1n) is 5.57. The lowest BCUT2D eigenvalue weighted by Gasteiger charge is -1.97. The number of hydrogen-bond acceptors (Lipinski definition) is 6. The van der Waals surface area contributed by atoms with Gasteiger partial charge in [0.1, 0.15) is 0 Å². The Bertz CT molecular complexity index is 463. The van der Waals surface area contributed by atoms with Crippen LogP contribution in [-0.4, -0.2) is 26.5 Å². The van der Waals surface area contributed by atoms with Gasteiger partial charge in [0.2, 0.25) is 5.89 Å². The van der Waals surface area contributed by atoms with Crippen molar-refractivity contribution >= 4 is 11.8 Å². The third kappa shape index (κ3) is 3.28. The van der Waals surface area contributed by atoms with Gasteiger partial charge in [-0.2, -0.15) is 5.10 Å². The van der Waals surface area contributed by atoms with Crippen molar-refractivity contribution in [2.45, 2.75) is 19.9 Å². The van der Waals surface area contributed by atoms with E-state index in [0.717, 1.165) is 13.0 Å². The minimum Gasteiger partial charge on any atom is -0.406 e. The lowest BCUT2D eigenvalue weighted by atomic mass is 10.5. The summed E-state index contributed by atoms with van der Waals surface area (Å²) in [6.07, 6.45) is 2.91. The Balaban J connectivity index is 1.89. The average Bonchev–Trinajstić information content (AvgIpc) is 2.90. The highest BCUT2D eigenvalue weighted by molar-refractivity contribution is 5.44. The van der Waals surface area contributed by atoms with E-state index in [9.17, 15) is 0 Å². The van der Waals surface area contributed by atoms with E-state index in [4.69, 9.17) is 4.42 Å². The van der Waals surface area contributed by atoms with Gasteiger partial charge in [-0.15, -0.1) is 5.10 Å². The molecule has 0 amide bonds. The molecule has 0 aromatic carbocycles. The van der Waals surface area contributed by atoms with Gasteiger partial charge in [-0.3, -0.25) is 10.00 Å². The summed E-state index contributed by atoms with van der Waals surface area (Å²) in [7, 11) is 1.85. The lowest BCUT2D eigenvalue weighted by molar-refractivity contribution is 0.479. The topological polar surface area (TPSA) is 80.8 Å². The highest BCUT2D eigenvalue weighted by Crippen LogP contribution is 2.12. The molecule has 92 valence electrons. The molecule has 0 aliphatic rings. The number of nitrogens with zero attached hydrogens (tertiary/aromatic N) is 4. The molecule has 2 heterocycles. The molecular weight excluding hydrogens is 220 g/mol. The Hall–Kier alpha value is -1.89. The van der Waals surface area contributed by atoms with Crippen LogP contribution in [0.3, 0.4) is 0 Å². The van der Waals surface area contributed by atoms with Gasteiger partial charge in [0.05, 0.1) is 6.54 Å². The Morgan fingerprint density at radius 1 is 1.41 bits per heavy atom. The van der Waals surface area contributed by atoms with E-state index >= 15 is 0 Å². The summed E-state index contributed by atoms with van der Waals surface area (Å²) in [4.78, 5) is 0. The fraction of sp³-hybridized carbons (Fsp3) is 0.500. The second kappa shape index (κ2) is 5.44. The van der Waals surface area contributed by atoms with Gasteiger partial charge in [0.25, 0.3) is 0 Å². The summed E-state index contributed by atoms with van der Waals surface area (Å²) in [5.41, 5.74) is 0. The number of hydrogen-bond donors (Lipinski definition) is 2. The third-order valence-corrected chi connectivity index (χ3v) is 2.12. The molecule has 2 N–H and O–H groups in total. The van der Waals surface area contributed by atoms with Gasteiger partial charge in [-0.25, -0.2) is 0 Å². The molecule has 0 bridgehead atoms. The molecule has 0 unspecified atom stereocenters. The molecule has 0 radical (unpaired) electrons. The maximum absolute atomic E-state index is 5.40. The molecule has 0 aliphatic heterocycles. The molecule has 7 nitrogen and oxygen atoms in total. The molecular formula is C10H16N6O. The molecule has 2 aromatic heterocycles. The minimum absolute atomic E-state index is 0.358. The van der Waals surface area contributed by atoms with Crippen LogP contribution < -0.4 is 10.6 Å². The van der Waals surface area contributed by atoms with Crippen molar-refractivity contribution in [2.24, 2.45) is 7.05 Å². The van der Waals surface area contributed by atoms with Crippen LogP contribution in [0.4, 0.5) is 11.8 Å². The van der Waals surface area contributed by atoms with Crippen molar-refractivity contribution in [3.8, 4) is 0 Å². The summed E-state index contributed by atoms with van der Waals surface area (Å²) >= 11 is 0. The first kappa shape index (κ1) is 11.6. The van der Waals surface area contributed by atoms with Crippen molar-refractivity contribution in [3.05, 3.63) is 18.2 Å². The highest BCUT2D eigenvalue weighted by atomic mass is 16.4. The Morgan fingerprint density at radius 2 is 2.29 bits per heavy atom. The molecule has 0 fully saturated rings. The summed E-state index contributed by atoms with van der Waals surface area (Å²) < 4.78 is 7.10. The summed E-state index contributed by atoms with van der Waals surface area (Å²) in [5.74, 6) is 1.25. The molecule has 2 rings (SSSR count). The summed E-state index contributed by atoms with van der Waals surface area (Å²) in [6.45, 7) is 3.63. The third-order valence-electron chi connectivity index (χ3n) is 2.12. The summed E-state index contributed by atoms with van der Waals surface area (Å²) in [6, 6.07) is 2.19. The van der Waals surface area contributed by atoms with E-state index < -0.39 is 0 Å². The first-order chi connectivity index (χ1) is 8.28.